The molecule has 0 atom stereocenters. The van der Waals surface area contributed by atoms with Crippen LogP contribution in [0.4, 0.5) is 0 Å². The molecular formula is C19H22BrN. The molecule has 2 aromatic rings. The molecule has 1 aliphatic rings. The molecule has 110 valence electrons. The normalized spacial score (nSPS) is 15.2. The van der Waals surface area contributed by atoms with Crippen molar-refractivity contribution in [3.05, 3.63) is 69.7 Å². The molecule has 1 nitrogen and oxygen atoms in total. The Balaban J connectivity index is 1.68. The summed E-state index contributed by atoms with van der Waals surface area (Å²) in [6, 6.07) is 17.6. The van der Waals surface area contributed by atoms with E-state index in [1.54, 1.807) is 0 Å². The number of hydrogen-bond donors (Lipinski definition) is 1. The van der Waals surface area contributed by atoms with Gasteiger partial charge in [0.25, 0.3) is 0 Å². The molecule has 0 aromatic heterocycles. The molecule has 0 spiro atoms. The molecule has 2 heteroatoms. The highest BCUT2D eigenvalue weighted by Gasteiger charge is 2.24. The van der Waals surface area contributed by atoms with E-state index >= 15 is 0 Å². The first-order valence-electron chi connectivity index (χ1n) is 7.64. The summed E-state index contributed by atoms with van der Waals surface area (Å²) >= 11 is 3.49. The minimum atomic E-state index is -0.0315. The summed E-state index contributed by atoms with van der Waals surface area (Å²) in [4.78, 5) is 0. The van der Waals surface area contributed by atoms with Crippen LogP contribution in [-0.4, -0.2) is 0 Å². The van der Waals surface area contributed by atoms with E-state index in [4.69, 9.17) is 0 Å². The van der Waals surface area contributed by atoms with E-state index in [0.717, 1.165) is 16.9 Å². The van der Waals surface area contributed by atoms with Gasteiger partial charge in [0.1, 0.15) is 0 Å². The van der Waals surface area contributed by atoms with Crippen molar-refractivity contribution in [1.29, 1.82) is 0 Å². The summed E-state index contributed by atoms with van der Waals surface area (Å²) in [5.41, 5.74) is 4.17. The Hall–Kier alpha value is -1.12. The molecule has 1 N–H and O–H groups in total. The van der Waals surface area contributed by atoms with Gasteiger partial charge < -0.3 is 5.32 Å². The zero-order valence-corrected chi connectivity index (χ0v) is 14.3. The molecule has 0 saturated heterocycles. The lowest BCUT2D eigenvalue weighted by molar-refractivity contribution is 0.401. The van der Waals surface area contributed by atoms with Gasteiger partial charge in [-0.05, 0) is 61.4 Å². The van der Waals surface area contributed by atoms with Crippen LogP contribution < -0.4 is 5.32 Å². The Morgan fingerprint density at radius 2 is 1.81 bits per heavy atom. The van der Waals surface area contributed by atoms with E-state index in [-0.39, 0.29) is 5.54 Å². The maximum Gasteiger partial charge on any atom is 0.0380 e. The molecule has 0 radical (unpaired) electrons. The first kappa shape index (κ1) is 14.8. The first-order valence-corrected chi connectivity index (χ1v) is 8.44. The average molecular weight is 344 g/mol. The molecule has 0 amide bonds. The SMILES string of the molecule is CC(C)(NCc1cccc(C2CC2)c1)c1ccc(Br)cc1. The first-order chi connectivity index (χ1) is 10.0. The molecule has 3 rings (SSSR count). The second-order valence-electron chi connectivity index (χ2n) is 6.50. The molecule has 1 fully saturated rings. The van der Waals surface area contributed by atoms with Crippen molar-refractivity contribution in [2.24, 2.45) is 0 Å². The second kappa shape index (κ2) is 5.94. The lowest BCUT2D eigenvalue weighted by atomic mass is 9.94. The van der Waals surface area contributed by atoms with Crippen molar-refractivity contribution < 1.29 is 0 Å². The largest absolute Gasteiger partial charge is 0.304 e. The standard InChI is InChI=1S/C19H22BrN/c1-19(2,17-8-10-18(20)11-9-17)21-13-14-4-3-5-16(12-14)15-6-7-15/h3-5,8-12,15,21H,6-7,13H2,1-2H3. The van der Waals surface area contributed by atoms with E-state index in [2.05, 4.69) is 83.6 Å². The molecule has 0 unspecified atom stereocenters. The Bertz CT molecular complexity index is 612. The number of halogens is 1. The van der Waals surface area contributed by atoms with Crippen LogP contribution in [0.2, 0.25) is 0 Å². The summed E-state index contributed by atoms with van der Waals surface area (Å²) < 4.78 is 1.12. The van der Waals surface area contributed by atoms with Crippen LogP contribution in [0.25, 0.3) is 0 Å². The van der Waals surface area contributed by atoms with Crippen LogP contribution in [0.1, 0.15) is 49.3 Å². The molecule has 0 bridgehead atoms. The van der Waals surface area contributed by atoms with E-state index in [0.29, 0.717) is 0 Å². The fourth-order valence-corrected chi connectivity index (χ4v) is 2.93. The van der Waals surface area contributed by atoms with Gasteiger partial charge in [0.05, 0.1) is 0 Å². The highest BCUT2D eigenvalue weighted by Crippen LogP contribution is 2.40. The van der Waals surface area contributed by atoms with Gasteiger partial charge in [-0.1, -0.05) is 52.3 Å². The van der Waals surface area contributed by atoms with Gasteiger partial charge in [0, 0.05) is 16.6 Å². The Morgan fingerprint density at radius 3 is 2.48 bits per heavy atom. The minimum Gasteiger partial charge on any atom is -0.304 e. The van der Waals surface area contributed by atoms with Crippen molar-refractivity contribution in [2.45, 2.75) is 44.7 Å². The molecular weight excluding hydrogens is 322 g/mol. The third-order valence-electron chi connectivity index (χ3n) is 4.30. The number of nitrogens with one attached hydrogen (secondary N) is 1. The monoisotopic (exact) mass is 343 g/mol. The van der Waals surface area contributed by atoms with Crippen LogP contribution in [0.5, 0.6) is 0 Å². The van der Waals surface area contributed by atoms with Crippen molar-refractivity contribution >= 4 is 15.9 Å². The van der Waals surface area contributed by atoms with Gasteiger partial charge in [-0.3, -0.25) is 0 Å². The van der Waals surface area contributed by atoms with Gasteiger partial charge in [0.2, 0.25) is 0 Å². The van der Waals surface area contributed by atoms with E-state index in [9.17, 15) is 0 Å². The summed E-state index contributed by atoms with van der Waals surface area (Å²) in [5.74, 6) is 0.824. The van der Waals surface area contributed by atoms with Gasteiger partial charge in [-0.15, -0.1) is 0 Å². The third kappa shape index (κ3) is 3.75. The second-order valence-corrected chi connectivity index (χ2v) is 7.42. The van der Waals surface area contributed by atoms with Crippen molar-refractivity contribution in [3.8, 4) is 0 Å². The molecule has 1 aliphatic carbocycles. The smallest absolute Gasteiger partial charge is 0.0380 e. The van der Waals surface area contributed by atoms with Gasteiger partial charge in [-0.2, -0.15) is 0 Å². The quantitative estimate of drug-likeness (QED) is 0.771. The molecule has 21 heavy (non-hydrogen) atoms. The summed E-state index contributed by atoms with van der Waals surface area (Å²) in [5, 5.41) is 3.68. The van der Waals surface area contributed by atoms with E-state index in [1.807, 2.05) is 0 Å². The summed E-state index contributed by atoms with van der Waals surface area (Å²) in [6.07, 6.45) is 2.72. The zero-order chi connectivity index (χ0) is 14.9. The van der Waals surface area contributed by atoms with Crippen molar-refractivity contribution in [2.75, 3.05) is 0 Å². The van der Waals surface area contributed by atoms with Crippen molar-refractivity contribution in [1.82, 2.24) is 5.32 Å². The van der Waals surface area contributed by atoms with E-state index in [1.165, 1.54) is 29.5 Å². The fourth-order valence-electron chi connectivity index (χ4n) is 2.67. The topological polar surface area (TPSA) is 12.0 Å². The summed E-state index contributed by atoms with van der Waals surface area (Å²) in [7, 11) is 0. The molecule has 0 aliphatic heterocycles. The number of rotatable bonds is 5. The number of benzene rings is 2. The van der Waals surface area contributed by atoms with Gasteiger partial charge in [-0.25, -0.2) is 0 Å². The average Bonchev–Trinajstić information content (AvgIpc) is 3.31. The third-order valence-corrected chi connectivity index (χ3v) is 4.83. The van der Waals surface area contributed by atoms with Crippen LogP contribution in [0.3, 0.4) is 0 Å². The Morgan fingerprint density at radius 1 is 1.10 bits per heavy atom. The van der Waals surface area contributed by atoms with E-state index < -0.39 is 0 Å². The lowest BCUT2D eigenvalue weighted by Crippen LogP contribution is -2.35. The van der Waals surface area contributed by atoms with Crippen LogP contribution >= 0.6 is 15.9 Å². The minimum absolute atomic E-state index is 0.0315. The number of hydrogen-bond acceptors (Lipinski definition) is 1. The Kier molecular flexibility index (Phi) is 4.19. The van der Waals surface area contributed by atoms with Gasteiger partial charge >= 0.3 is 0 Å². The molecule has 2 aromatic carbocycles. The predicted octanol–water partition coefficient (Wildman–Crippen LogP) is 5.35. The predicted molar refractivity (Wildman–Crippen MR) is 92.4 cm³/mol. The van der Waals surface area contributed by atoms with Gasteiger partial charge in [0.15, 0.2) is 0 Å². The highest BCUT2D eigenvalue weighted by molar-refractivity contribution is 9.10. The molecule has 0 heterocycles. The maximum absolute atomic E-state index is 3.68. The van der Waals surface area contributed by atoms with Crippen LogP contribution in [-0.2, 0) is 12.1 Å². The van der Waals surface area contributed by atoms with Crippen LogP contribution in [0, 0.1) is 0 Å². The summed E-state index contributed by atoms with van der Waals surface area (Å²) in [6.45, 7) is 5.38. The maximum atomic E-state index is 3.68. The van der Waals surface area contributed by atoms with Crippen LogP contribution in [0.15, 0.2) is 53.0 Å². The Labute approximate surface area is 135 Å². The molecule has 1 saturated carbocycles. The zero-order valence-electron chi connectivity index (χ0n) is 12.7. The fraction of sp³-hybridized carbons (Fsp3) is 0.368. The highest BCUT2D eigenvalue weighted by atomic mass is 79.9. The lowest BCUT2D eigenvalue weighted by Gasteiger charge is -2.27. The van der Waals surface area contributed by atoms with Crippen molar-refractivity contribution in [3.63, 3.8) is 0 Å².